The van der Waals surface area contributed by atoms with E-state index in [9.17, 15) is 9.59 Å². The van der Waals surface area contributed by atoms with E-state index in [4.69, 9.17) is 4.74 Å². The Hall–Kier alpha value is -2.82. The quantitative estimate of drug-likeness (QED) is 0.625. The third kappa shape index (κ3) is 6.93. The highest BCUT2D eigenvalue weighted by atomic mass is 16.5. The highest BCUT2D eigenvalue weighted by molar-refractivity contribution is 5.88. The van der Waals surface area contributed by atoms with Crippen molar-refractivity contribution in [3.05, 3.63) is 65.7 Å². The molecule has 0 aliphatic rings. The number of nitrogens with one attached hydrogen (secondary N) is 1. The Morgan fingerprint density at radius 3 is 2.24 bits per heavy atom. The normalized spacial score (nSPS) is 11.6. The van der Waals surface area contributed by atoms with E-state index >= 15 is 0 Å². The Balaban J connectivity index is 2.13. The second kappa shape index (κ2) is 11.9. The minimum Gasteiger partial charge on any atom is -0.484 e. The van der Waals surface area contributed by atoms with Crippen molar-refractivity contribution in [1.82, 2.24) is 10.2 Å². The van der Waals surface area contributed by atoms with Gasteiger partial charge in [-0.15, -0.1) is 0 Å². The van der Waals surface area contributed by atoms with Crippen molar-refractivity contribution in [3.8, 4) is 5.75 Å². The molecule has 1 atom stereocenters. The molecule has 0 aromatic heterocycles. The number of hydrogen-bond acceptors (Lipinski definition) is 3. The van der Waals surface area contributed by atoms with Crippen molar-refractivity contribution in [2.24, 2.45) is 0 Å². The molecule has 0 fully saturated rings. The SMILES string of the molecule is CCCNC(=O)[C@H](CC)N(Cc1ccccc1)C(=O)COc1ccc(CC)cc1. The first-order valence-corrected chi connectivity index (χ1v) is 10.4. The lowest BCUT2D eigenvalue weighted by atomic mass is 10.1. The molecule has 0 aliphatic carbocycles. The van der Waals surface area contributed by atoms with Crippen LogP contribution in [0, 0.1) is 0 Å². The fourth-order valence-electron chi connectivity index (χ4n) is 3.11. The fourth-order valence-corrected chi connectivity index (χ4v) is 3.11. The molecule has 0 unspecified atom stereocenters. The molecule has 0 heterocycles. The van der Waals surface area contributed by atoms with Crippen LogP contribution in [0.3, 0.4) is 0 Å². The number of carbonyl (C=O) groups is 2. The van der Waals surface area contributed by atoms with Gasteiger partial charge in [0, 0.05) is 13.1 Å². The molecule has 5 nitrogen and oxygen atoms in total. The minimum absolute atomic E-state index is 0.101. The fraction of sp³-hybridized carbons (Fsp3) is 0.417. The maximum atomic E-state index is 13.0. The first-order chi connectivity index (χ1) is 14.1. The topological polar surface area (TPSA) is 58.6 Å². The van der Waals surface area contributed by atoms with Gasteiger partial charge in [-0.1, -0.05) is 63.2 Å². The van der Waals surface area contributed by atoms with Crippen LogP contribution in [-0.4, -0.2) is 35.9 Å². The highest BCUT2D eigenvalue weighted by Crippen LogP contribution is 2.15. The zero-order valence-electron chi connectivity index (χ0n) is 17.7. The largest absolute Gasteiger partial charge is 0.484 e. The van der Waals surface area contributed by atoms with Gasteiger partial charge in [0.1, 0.15) is 11.8 Å². The predicted octanol–water partition coefficient (Wildman–Crippen LogP) is 3.96. The number of nitrogens with zero attached hydrogens (tertiary/aromatic N) is 1. The summed E-state index contributed by atoms with van der Waals surface area (Å²) < 4.78 is 5.72. The van der Waals surface area contributed by atoms with E-state index in [1.54, 1.807) is 4.90 Å². The van der Waals surface area contributed by atoms with Gasteiger partial charge in [-0.2, -0.15) is 0 Å². The molecule has 5 heteroatoms. The summed E-state index contributed by atoms with van der Waals surface area (Å²) in [4.78, 5) is 27.3. The van der Waals surface area contributed by atoms with Crippen molar-refractivity contribution >= 4 is 11.8 Å². The van der Waals surface area contributed by atoms with Gasteiger partial charge >= 0.3 is 0 Å². The third-order valence-electron chi connectivity index (χ3n) is 4.82. The summed E-state index contributed by atoms with van der Waals surface area (Å²) >= 11 is 0. The molecule has 0 spiro atoms. The number of hydrogen-bond donors (Lipinski definition) is 1. The molecule has 1 N–H and O–H groups in total. The summed E-state index contributed by atoms with van der Waals surface area (Å²) in [7, 11) is 0. The molecule has 2 rings (SSSR count). The lowest BCUT2D eigenvalue weighted by molar-refractivity contribution is -0.143. The first-order valence-electron chi connectivity index (χ1n) is 10.4. The van der Waals surface area contributed by atoms with Gasteiger partial charge in [0.25, 0.3) is 5.91 Å². The Labute approximate surface area is 174 Å². The Kier molecular flexibility index (Phi) is 9.22. The Morgan fingerprint density at radius 1 is 0.966 bits per heavy atom. The number of amides is 2. The van der Waals surface area contributed by atoms with E-state index in [1.165, 1.54) is 5.56 Å². The molecular weight excluding hydrogens is 364 g/mol. The van der Waals surface area contributed by atoms with E-state index in [0.29, 0.717) is 25.3 Å². The van der Waals surface area contributed by atoms with Crippen LogP contribution in [0.25, 0.3) is 0 Å². The second-order valence-electron chi connectivity index (χ2n) is 7.01. The number of benzene rings is 2. The molecule has 0 bridgehead atoms. The van der Waals surface area contributed by atoms with Crippen molar-refractivity contribution in [2.45, 2.75) is 52.6 Å². The van der Waals surface area contributed by atoms with Crippen molar-refractivity contribution in [3.63, 3.8) is 0 Å². The van der Waals surface area contributed by atoms with Crippen LogP contribution in [0.2, 0.25) is 0 Å². The van der Waals surface area contributed by atoms with Crippen LogP contribution in [0.5, 0.6) is 5.75 Å². The number of rotatable bonds is 11. The number of aryl methyl sites for hydroxylation is 1. The average Bonchev–Trinajstić information content (AvgIpc) is 2.76. The minimum atomic E-state index is -0.527. The van der Waals surface area contributed by atoms with E-state index in [1.807, 2.05) is 68.4 Å². The Bertz CT molecular complexity index is 759. The predicted molar refractivity (Wildman–Crippen MR) is 116 cm³/mol. The van der Waals surface area contributed by atoms with Gasteiger partial charge in [0.15, 0.2) is 6.61 Å². The van der Waals surface area contributed by atoms with Gasteiger partial charge in [-0.25, -0.2) is 0 Å². The van der Waals surface area contributed by atoms with Crippen LogP contribution < -0.4 is 10.1 Å². The molecule has 0 saturated heterocycles. The lowest BCUT2D eigenvalue weighted by Gasteiger charge is -2.30. The average molecular weight is 397 g/mol. The standard InChI is InChI=1S/C24H32N2O3/c1-4-16-25-24(28)22(6-3)26(17-20-10-8-7-9-11-20)23(27)18-29-21-14-12-19(5-2)13-15-21/h7-15,22H,4-6,16-18H2,1-3H3,(H,25,28)/t22-/m0/s1. The van der Waals surface area contributed by atoms with Crippen LogP contribution in [0.4, 0.5) is 0 Å². The summed E-state index contributed by atoms with van der Waals surface area (Å²) in [5.74, 6) is 0.330. The highest BCUT2D eigenvalue weighted by Gasteiger charge is 2.28. The summed E-state index contributed by atoms with van der Waals surface area (Å²) in [5, 5.41) is 2.92. The van der Waals surface area contributed by atoms with Crippen molar-refractivity contribution in [1.29, 1.82) is 0 Å². The second-order valence-corrected chi connectivity index (χ2v) is 7.01. The maximum absolute atomic E-state index is 13.0. The van der Waals surface area contributed by atoms with Crippen molar-refractivity contribution < 1.29 is 14.3 Å². The van der Waals surface area contributed by atoms with Crippen LogP contribution >= 0.6 is 0 Å². The Morgan fingerprint density at radius 2 is 1.66 bits per heavy atom. The third-order valence-corrected chi connectivity index (χ3v) is 4.82. The molecule has 2 amide bonds. The van der Waals surface area contributed by atoms with Gasteiger partial charge in [-0.3, -0.25) is 9.59 Å². The molecule has 2 aromatic rings. The van der Waals surface area contributed by atoms with Gasteiger partial charge in [-0.05, 0) is 42.5 Å². The van der Waals surface area contributed by atoms with Crippen LogP contribution in [-0.2, 0) is 22.6 Å². The molecule has 0 radical (unpaired) electrons. The van der Waals surface area contributed by atoms with Gasteiger partial charge in [0.05, 0.1) is 0 Å². The molecule has 2 aromatic carbocycles. The maximum Gasteiger partial charge on any atom is 0.261 e. The summed E-state index contributed by atoms with van der Waals surface area (Å²) in [6.07, 6.45) is 2.35. The molecule has 29 heavy (non-hydrogen) atoms. The molecule has 0 saturated carbocycles. The summed E-state index contributed by atoms with van der Waals surface area (Å²) in [6, 6.07) is 16.9. The van der Waals surface area contributed by atoms with E-state index < -0.39 is 6.04 Å². The number of carbonyl (C=O) groups excluding carboxylic acids is 2. The van der Waals surface area contributed by atoms with Gasteiger partial charge in [0.2, 0.25) is 5.91 Å². The first kappa shape index (κ1) is 22.5. The lowest BCUT2D eigenvalue weighted by Crippen LogP contribution is -2.50. The molecule has 0 aliphatic heterocycles. The van der Waals surface area contributed by atoms with Crippen LogP contribution in [0.15, 0.2) is 54.6 Å². The molecular formula is C24H32N2O3. The monoisotopic (exact) mass is 396 g/mol. The zero-order chi connectivity index (χ0) is 21.1. The smallest absolute Gasteiger partial charge is 0.261 e. The summed E-state index contributed by atoms with van der Waals surface area (Å²) in [6.45, 7) is 6.89. The zero-order valence-corrected chi connectivity index (χ0v) is 17.7. The van der Waals surface area contributed by atoms with E-state index in [2.05, 4.69) is 12.2 Å². The van der Waals surface area contributed by atoms with Crippen LogP contribution in [0.1, 0.15) is 44.7 Å². The van der Waals surface area contributed by atoms with E-state index in [0.717, 1.165) is 18.4 Å². The summed E-state index contributed by atoms with van der Waals surface area (Å²) in [5.41, 5.74) is 2.20. The number of ether oxygens (including phenoxy) is 1. The van der Waals surface area contributed by atoms with Crippen molar-refractivity contribution in [2.75, 3.05) is 13.2 Å². The van der Waals surface area contributed by atoms with E-state index in [-0.39, 0.29) is 18.4 Å². The van der Waals surface area contributed by atoms with Gasteiger partial charge < -0.3 is 15.0 Å². The molecule has 156 valence electrons.